The molecule has 0 saturated heterocycles. The zero-order valence-electron chi connectivity index (χ0n) is 23.8. The van der Waals surface area contributed by atoms with Crippen LogP contribution >= 0.6 is 11.8 Å². The van der Waals surface area contributed by atoms with Crippen molar-refractivity contribution in [2.75, 3.05) is 29.6 Å². The molecule has 0 fully saturated rings. The summed E-state index contributed by atoms with van der Waals surface area (Å²) in [5.74, 6) is -0.422. The summed E-state index contributed by atoms with van der Waals surface area (Å²) >= 11 is 1.07. The molecule has 1 atom stereocenters. The second-order valence-electron chi connectivity index (χ2n) is 10.7. The maximum Gasteiger partial charge on any atom is 0.416 e. The molecule has 1 heterocycles. The van der Waals surface area contributed by atoms with Crippen molar-refractivity contribution in [3.8, 4) is 11.1 Å². The first-order valence-electron chi connectivity index (χ1n) is 13.4. The van der Waals surface area contributed by atoms with E-state index in [-0.39, 0.29) is 29.8 Å². The molecular weight excluding hydrogens is 581 g/mol. The van der Waals surface area contributed by atoms with Gasteiger partial charge < -0.3 is 31.9 Å². The van der Waals surface area contributed by atoms with Gasteiger partial charge in [-0.05, 0) is 49.2 Å². The number of nitrogens with zero attached hydrogens (tertiary/aromatic N) is 1. The zero-order valence-corrected chi connectivity index (χ0v) is 24.7. The summed E-state index contributed by atoms with van der Waals surface area (Å²) in [6, 6.07) is 15.8. The van der Waals surface area contributed by atoms with Gasteiger partial charge in [-0.3, -0.25) is 4.79 Å². The number of fused-ring (bicyclic) bond motifs is 1. The number of urea groups is 2. The number of thioether (sulfide) groups is 1. The normalized spacial score (nSPS) is 15.3. The Labute approximate surface area is 251 Å². The van der Waals surface area contributed by atoms with Gasteiger partial charge in [0.05, 0.1) is 23.5 Å². The molecule has 0 aliphatic carbocycles. The highest BCUT2D eigenvalue weighted by molar-refractivity contribution is 7.99. The predicted octanol–water partition coefficient (Wildman–Crippen LogP) is 5.17. The van der Waals surface area contributed by atoms with Gasteiger partial charge in [-0.1, -0.05) is 42.5 Å². The van der Waals surface area contributed by atoms with Crippen LogP contribution in [0.3, 0.4) is 0 Å². The van der Waals surface area contributed by atoms with Gasteiger partial charge in [0.25, 0.3) is 5.91 Å². The largest absolute Gasteiger partial charge is 0.416 e. The van der Waals surface area contributed by atoms with Crippen LogP contribution in [0.25, 0.3) is 11.1 Å². The fourth-order valence-corrected chi connectivity index (χ4v) is 5.47. The molecule has 9 nitrogen and oxygen atoms in total. The van der Waals surface area contributed by atoms with Crippen LogP contribution in [-0.4, -0.2) is 48.9 Å². The Morgan fingerprint density at radius 2 is 1.72 bits per heavy atom. The number of benzene rings is 3. The van der Waals surface area contributed by atoms with Crippen LogP contribution < -0.4 is 31.9 Å². The molecule has 3 aromatic carbocycles. The van der Waals surface area contributed by atoms with E-state index in [1.54, 1.807) is 38.1 Å². The van der Waals surface area contributed by atoms with Gasteiger partial charge in [0.15, 0.2) is 0 Å². The number of amides is 5. The predicted molar refractivity (Wildman–Crippen MR) is 162 cm³/mol. The number of nitrogens with two attached hydrogens (primary N) is 1. The van der Waals surface area contributed by atoms with E-state index in [4.69, 9.17) is 5.73 Å². The number of carbonyl (C=O) groups excluding carboxylic acids is 3. The number of halogens is 3. The van der Waals surface area contributed by atoms with Gasteiger partial charge >= 0.3 is 18.2 Å². The highest BCUT2D eigenvalue weighted by Gasteiger charge is 2.36. The molecule has 1 unspecified atom stereocenters. The minimum Gasteiger partial charge on any atom is -0.341 e. The molecule has 1 aliphatic heterocycles. The van der Waals surface area contributed by atoms with Crippen molar-refractivity contribution in [1.82, 2.24) is 16.0 Å². The van der Waals surface area contributed by atoms with E-state index in [1.807, 2.05) is 24.3 Å². The number of para-hydroxylation sites is 1. The first-order valence-corrected chi connectivity index (χ1v) is 14.4. The number of hydrogen-bond donors (Lipinski definition) is 5. The third-order valence-electron chi connectivity index (χ3n) is 6.57. The van der Waals surface area contributed by atoms with Crippen LogP contribution in [0.1, 0.15) is 25.0 Å². The third-order valence-corrected chi connectivity index (χ3v) is 7.70. The van der Waals surface area contributed by atoms with Crippen LogP contribution in [0.5, 0.6) is 0 Å². The minimum atomic E-state index is -4.55. The maximum absolute atomic E-state index is 13.8. The monoisotopic (exact) mass is 614 g/mol. The summed E-state index contributed by atoms with van der Waals surface area (Å²) < 4.78 is 40.5. The number of anilines is 2. The van der Waals surface area contributed by atoms with Crippen molar-refractivity contribution < 1.29 is 27.6 Å². The topological polar surface area (TPSA) is 129 Å². The molecule has 43 heavy (non-hydrogen) atoms. The molecule has 0 spiro atoms. The molecule has 0 bridgehead atoms. The number of alkyl halides is 3. The molecule has 228 valence electrons. The lowest BCUT2D eigenvalue weighted by Gasteiger charge is -2.27. The summed E-state index contributed by atoms with van der Waals surface area (Å²) in [5.41, 5.74) is 7.65. The van der Waals surface area contributed by atoms with Crippen LogP contribution in [0.4, 0.5) is 34.1 Å². The van der Waals surface area contributed by atoms with Gasteiger partial charge in [0.1, 0.15) is 6.04 Å². The maximum atomic E-state index is 13.8. The molecule has 4 rings (SSSR count). The van der Waals surface area contributed by atoms with Crippen molar-refractivity contribution in [2.45, 2.75) is 43.0 Å². The lowest BCUT2D eigenvalue weighted by atomic mass is 10.0. The molecule has 6 N–H and O–H groups in total. The molecule has 5 amide bonds. The smallest absolute Gasteiger partial charge is 0.341 e. The molecule has 0 saturated carbocycles. The van der Waals surface area contributed by atoms with Crippen LogP contribution in [0.15, 0.2) is 71.6 Å². The van der Waals surface area contributed by atoms with Crippen molar-refractivity contribution in [1.29, 1.82) is 0 Å². The Morgan fingerprint density at radius 1 is 1.02 bits per heavy atom. The van der Waals surface area contributed by atoms with Gasteiger partial charge in [-0.25, -0.2) is 9.59 Å². The lowest BCUT2D eigenvalue weighted by molar-refractivity contribution is -0.137. The number of rotatable bonds is 7. The van der Waals surface area contributed by atoms with Crippen molar-refractivity contribution in [3.05, 3.63) is 77.9 Å². The van der Waals surface area contributed by atoms with Crippen LogP contribution in [0.2, 0.25) is 0 Å². The van der Waals surface area contributed by atoms with Crippen molar-refractivity contribution >= 4 is 41.1 Å². The van der Waals surface area contributed by atoms with E-state index >= 15 is 0 Å². The van der Waals surface area contributed by atoms with E-state index < -0.39 is 35.3 Å². The van der Waals surface area contributed by atoms with E-state index in [0.717, 1.165) is 35.0 Å². The standard InChI is InChI=1S/C30H33F3N6O3S/c1-29(2,34)17-36-28(42)38-23-16-43-25-14-20(30(31,32)33)12-13-24(25)39(26(23)40)15-18-8-10-19(11-9-18)21-6-4-5-7-22(21)37-27(41)35-3/h4-14,23H,15-17,34H2,1-3H3,(H2,35,37,41)(H2,36,38,42). The van der Waals surface area contributed by atoms with Gasteiger partial charge in [0, 0.05) is 35.3 Å². The van der Waals surface area contributed by atoms with Crippen LogP contribution in [0, 0.1) is 0 Å². The molecule has 1 aliphatic rings. The highest BCUT2D eigenvalue weighted by atomic mass is 32.2. The minimum absolute atomic E-state index is 0.0388. The lowest BCUT2D eigenvalue weighted by Crippen LogP contribution is -2.54. The molecule has 3 aromatic rings. The summed E-state index contributed by atoms with van der Waals surface area (Å²) in [6.07, 6.45) is -4.55. The second kappa shape index (κ2) is 13.0. The molecular formula is C30H33F3N6O3S. The Kier molecular flexibility index (Phi) is 9.55. The van der Waals surface area contributed by atoms with Crippen molar-refractivity contribution in [2.24, 2.45) is 5.73 Å². The molecule has 0 aromatic heterocycles. The summed E-state index contributed by atoms with van der Waals surface area (Å²) in [5, 5.41) is 10.6. The average molecular weight is 615 g/mol. The van der Waals surface area contributed by atoms with Gasteiger partial charge in [0.2, 0.25) is 0 Å². The first-order chi connectivity index (χ1) is 20.2. The SMILES string of the molecule is CNC(=O)Nc1ccccc1-c1ccc(CN2C(=O)C(NC(=O)NCC(C)(C)N)CSc3cc(C(F)(F)F)ccc32)cc1. The quantitative estimate of drug-likeness (QED) is 0.251. The number of carbonyl (C=O) groups is 3. The summed E-state index contributed by atoms with van der Waals surface area (Å²) in [7, 11) is 1.52. The fourth-order valence-electron chi connectivity index (χ4n) is 4.37. The van der Waals surface area contributed by atoms with Crippen molar-refractivity contribution in [3.63, 3.8) is 0 Å². The number of hydrogen-bond acceptors (Lipinski definition) is 5. The molecule has 13 heteroatoms. The van der Waals surface area contributed by atoms with Crippen LogP contribution in [-0.2, 0) is 17.5 Å². The van der Waals surface area contributed by atoms with E-state index in [9.17, 15) is 27.6 Å². The van der Waals surface area contributed by atoms with Gasteiger partial charge in [-0.15, -0.1) is 11.8 Å². The fraction of sp³-hybridized carbons (Fsp3) is 0.300. The number of nitrogens with one attached hydrogen (secondary N) is 4. The Hall–Kier alpha value is -4.23. The summed E-state index contributed by atoms with van der Waals surface area (Å²) in [6.45, 7) is 3.67. The zero-order chi connectivity index (χ0) is 31.4. The highest BCUT2D eigenvalue weighted by Crippen LogP contribution is 2.40. The van der Waals surface area contributed by atoms with Gasteiger partial charge in [-0.2, -0.15) is 13.2 Å². The first kappa shape index (κ1) is 31.7. The third kappa shape index (κ3) is 8.20. The summed E-state index contributed by atoms with van der Waals surface area (Å²) in [4.78, 5) is 39.9. The van der Waals surface area contributed by atoms with E-state index in [0.29, 0.717) is 16.9 Å². The Morgan fingerprint density at radius 3 is 2.37 bits per heavy atom. The Balaban J connectivity index is 1.62. The average Bonchev–Trinajstić information content (AvgIpc) is 3.08. The Bertz CT molecular complexity index is 1490. The second-order valence-corrected chi connectivity index (χ2v) is 11.8. The van der Waals surface area contributed by atoms with E-state index in [1.165, 1.54) is 18.0 Å². The van der Waals surface area contributed by atoms with E-state index in [2.05, 4.69) is 21.3 Å². The molecule has 0 radical (unpaired) electrons.